The van der Waals surface area contributed by atoms with Crippen molar-refractivity contribution in [2.45, 2.75) is 37.7 Å². The van der Waals surface area contributed by atoms with Crippen LogP contribution in [-0.2, 0) is 15.8 Å². The van der Waals surface area contributed by atoms with Gasteiger partial charge in [-0.15, -0.1) is 0 Å². The number of hydrogen-bond acceptors (Lipinski definition) is 7. The molecule has 37 heavy (non-hydrogen) atoms. The number of nitrogens with zero attached hydrogens (tertiary/aromatic N) is 3. The first-order valence-electron chi connectivity index (χ1n) is 11.8. The van der Waals surface area contributed by atoms with Crippen LogP contribution >= 0.6 is 0 Å². The van der Waals surface area contributed by atoms with Crippen LogP contribution in [0.5, 0.6) is 5.75 Å². The predicted molar refractivity (Wildman–Crippen MR) is 134 cm³/mol. The van der Waals surface area contributed by atoms with E-state index in [1.54, 1.807) is 62.6 Å². The van der Waals surface area contributed by atoms with Gasteiger partial charge in [0.2, 0.25) is 5.91 Å². The molecule has 3 heterocycles. The molecule has 0 spiro atoms. The normalized spacial score (nSPS) is 18.2. The van der Waals surface area contributed by atoms with E-state index in [2.05, 4.69) is 15.0 Å². The molecule has 2 aromatic heterocycles. The standard InChI is InChI=1S/C28H25FN4O4/c1-27(26(30)35)15-37-25-19(27)14-23(33-24(25)16-3-6-18(29)7-4-16)28(2,36)10-9-22(34)17-5-8-20-21(13-17)32-12-11-31-20/h3-8,11-14,36H,9-10,15H2,1-2H3,(H2,30,35)/t27-,28-/m0/s1. The van der Waals surface area contributed by atoms with Gasteiger partial charge in [-0.05, 0) is 68.8 Å². The largest absolute Gasteiger partial charge is 0.489 e. The highest BCUT2D eigenvalue weighted by molar-refractivity contribution is 5.98. The van der Waals surface area contributed by atoms with Crippen molar-refractivity contribution < 1.29 is 23.8 Å². The second-order valence-electron chi connectivity index (χ2n) is 9.68. The molecule has 1 aliphatic rings. The van der Waals surface area contributed by atoms with E-state index in [4.69, 9.17) is 10.5 Å². The van der Waals surface area contributed by atoms with E-state index in [9.17, 15) is 19.1 Å². The lowest BCUT2D eigenvalue weighted by Gasteiger charge is -2.26. The number of halogens is 1. The quantitative estimate of drug-likeness (QED) is 0.369. The number of aliphatic hydroxyl groups is 1. The first kappa shape index (κ1) is 24.5. The third-order valence-electron chi connectivity index (χ3n) is 6.92. The summed E-state index contributed by atoms with van der Waals surface area (Å²) in [5.74, 6) is -0.800. The van der Waals surface area contributed by atoms with Crippen molar-refractivity contribution in [2.24, 2.45) is 5.73 Å². The van der Waals surface area contributed by atoms with Gasteiger partial charge in [-0.2, -0.15) is 0 Å². The van der Waals surface area contributed by atoms with Gasteiger partial charge in [0.15, 0.2) is 5.78 Å². The summed E-state index contributed by atoms with van der Waals surface area (Å²) in [6.07, 6.45) is 3.24. The SMILES string of the molecule is C[C@](O)(CCC(=O)c1ccc2nccnc2c1)c1cc2c(c(-c3ccc(F)cc3)n1)OC[C@]2(C)C(N)=O. The van der Waals surface area contributed by atoms with Crippen LogP contribution in [0.15, 0.2) is 60.9 Å². The number of hydrogen-bond donors (Lipinski definition) is 2. The number of primary amides is 1. The number of fused-ring (bicyclic) bond motifs is 2. The second kappa shape index (κ2) is 9.01. The third kappa shape index (κ3) is 4.42. The number of carbonyl (C=O) groups is 2. The van der Waals surface area contributed by atoms with Crippen molar-refractivity contribution in [3.8, 4) is 17.0 Å². The van der Waals surface area contributed by atoms with Crippen LogP contribution in [0.1, 0.15) is 48.3 Å². The van der Waals surface area contributed by atoms with Crippen molar-refractivity contribution >= 4 is 22.7 Å². The molecule has 0 saturated heterocycles. The van der Waals surface area contributed by atoms with Gasteiger partial charge >= 0.3 is 0 Å². The van der Waals surface area contributed by atoms with Gasteiger partial charge in [0.05, 0.1) is 16.7 Å². The van der Waals surface area contributed by atoms with Crippen LogP contribution in [0.25, 0.3) is 22.3 Å². The topological polar surface area (TPSA) is 128 Å². The Balaban J connectivity index is 1.49. The summed E-state index contributed by atoms with van der Waals surface area (Å²) in [6, 6.07) is 12.4. The van der Waals surface area contributed by atoms with Gasteiger partial charge in [-0.25, -0.2) is 9.37 Å². The summed E-state index contributed by atoms with van der Waals surface area (Å²) in [5.41, 5.74) is 6.45. The number of amides is 1. The Hall–Kier alpha value is -4.24. The molecule has 8 nitrogen and oxygen atoms in total. The monoisotopic (exact) mass is 500 g/mol. The first-order chi connectivity index (χ1) is 17.6. The Morgan fingerprint density at radius 1 is 1.11 bits per heavy atom. The summed E-state index contributed by atoms with van der Waals surface area (Å²) >= 11 is 0. The highest BCUT2D eigenvalue weighted by atomic mass is 19.1. The zero-order valence-corrected chi connectivity index (χ0v) is 20.4. The zero-order valence-electron chi connectivity index (χ0n) is 20.4. The van der Waals surface area contributed by atoms with Crippen LogP contribution in [-0.4, -0.2) is 38.4 Å². The predicted octanol–water partition coefficient (Wildman–Crippen LogP) is 3.84. The van der Waals surface area contributed by atoms with Crippen molar-refractivity contribution in [2.75, 3.05) is 6.61 Å². The van der Waals surface area contributed by atoms with Crippen LogP contribution < -0.4 is 10.5 Å². The van der Waals surface area contributed by atoms with Gasteiger partial charge in [-0.3, -0.25) is 19.6 Å². The average molecular weight is 501 g/mol. The van der Waals surface area contributed by atoms with E-state index >= 15 is 0 Å². The highest BCUT2D eigenvalue weighted by Gasteiger charge is 2.45. The Labute approximate surface area is 212 Å². The molecule has 2 atom stereocenters. The van der Waals surface area contributed by atoms with Crippen LogP contribution in [0.3, 0.4) is 0 Å². The Morgan fingerprint density at radius 2 is 1.81 bits per heavy atom. The molecule has 0 aliphatic carbocycles. The van der Waals surface area contributed by atoms with Crippen molar-refractivity contribution in [1.82, 2.24) is 15.0 Å². The minimum Gasteiger partial charge on any atom is -0.489 e. The number of ketones is 1. The number of rotatable bonds is 7. The van der Waals surface area contributed by atoms with Crippen molar-refractivity contribution in [3.63, 3.8) is 0 Å². The molecule has 188 valence electrons. The number of ether oxygens (including phenoxy) is 1. The summed E-state index contributed by atoms with van der Waals surface area (Å²) < 4.78 is 19.4. The van der Waals surface area contributed by atoms with Gasteiger partial charge < -0.3 is 15.6 Å². The Kier molecular flexibility index (Phi) is 5.95. The molecule has 0 unspecified atom stereocenters. The average Bonchev–Trinajstić information content (AvgIpc) is 3.25. The van der Waals surface area contributed by atoms with Gasteiger partial charge in [0.1, 0.15) is 34.9 Å². The lowest BCUT2D eigenvalue weighted by Crippen LogP contribution is -2.40. The summed E-state index contributed by atoms with van der Waals surface area (Å²) in [5, 5.41) is 11.5. The maximum Gasteiger partial charge on any atom is 0.231 e. The molecular formula is C28H25FN4O4. The first-order valence-corrected chi connectivity index (χ1v) is 11.8. The maximum absolute atomic E-state index is 13.6. The number of benzene rings is 2. The third-order valence-corrected chi connectivity index (χ3v) is 6.92. The number of nitrogens with two attached hydrogens (primary N) is 1. The minimum absolute atomic E-state index is 0.0163. The van der Waals surface area contributed by atoms with Gasteiger partial charge in [0.25, 0.3) is 0 Å². The van der Waals surface area contributed by atoms with Crippen LogP contribution in [0.4, 0.5) is 4.39 Å². The molecule has 0 fully saturated rings. The molecule has 0 saturated carbocycles. The molecule has 4 aromatic rings. The maximum atomic E-state index is 13.6. The minimum atomic E-state index is -1.53. The Morgan fingerprint density at radius 3 is 2.51 bits per heavy atom. The molecule has 0 radical (unpaired) electrons. The van der Waals surface area contributed by atoms with E-state index < -0.39 is 22.7 Å². The summed E-state index contributed by atoms with van der Waals surface area (Å²) in [7, 11) is 0. The molecule has 5 rings (SSSR count). The summed E-state index contributed by atoms with van der Waals surface area (Å²) in [6.45, 7) is 3.25. The highest BCUT2D eigenvalue weighted by Crippen LogP contribution is 2.45. The van der Waals surface area contributed by atoms with Gasteiger partial charge in [0, 0.05) is 35.5 Å². The van der Waals surface area contributed by atoms with E-state index in [1.807, 2.05) is 0 Å². The fourth-order valence-corrected chi connectivity index (χ4v) is 4.43. The number of aromatic nitrogens is 3. The molecule has 1 amide bonds. The molecule has 9 heteroatoms. The van der Waals surface area contributed by atoms with E-state index in [0.29, 0.717) is 39.2 Å². The fraction of sp³-hybridized carbons (Fsp3) is 0.250. The lowest BCUT2D eigenvalue weighted by atomic mass is 9.81. The molecule has 3 N–H and O–H groups in total. The van der Waals surface area contributed by atoms with Crippen molar-refractivity contribution in [1.29, 1.82) is 0 Å². The van der Waals surface area contributed by atoms with Crippen molar-refractivity contribution in [3.05, 3.63) is 83.6 Å². The van der Waals surface area contributed by atoms with E-state index in [-0.39, 0.29) is 30.9 Å². The van der Waals surface area contributed by atoms with E-state index in [0.717, 1.165) is 0 Å². The summed E-state index contributed by atoms with van der Waals surface area (Å²) in [4.78, 5) is 38.4. The smallest absolute Gasteiger partial charge is 0.231 e. The number of Topliss-reactive ketones (excluding diaryl/α,β-unsaturated/α-hetero) is 1. The number of pyridine rings is 1. The Bertz CT molecular complexity index is 1540. The van der Waals surface area contributed by atoms with E-state index in [1.165, 1.54) is 12.1 Å². The molecule has 0 bridgehead atoms. The lowest BCUT2D eigenvalue weighted by molar-refractivity contribution is -0.123. The van der Waals surface area contributed by atoms with Gasteiger partial charge in [-0.1, -0.05) is 0 Å². The number of carbonyl (C=O) groups excluding carboxylic acids is 2. The second-order valence-corrected chi connectivity index (χ2v) is 9.68. The fourth-order valence-electron chi connectivity index (χ4n) is 4.43. The van der Waals surface area contributed by atoms with Crippen LogP contribution in [0, 0.1) is 5.82 Å². The molecular weight excluding hydrogens is 475 g/mol. The zero-order chi connectivity index (χ0) is 26.4. The molecule has 2 aromatic carbocycles. The van der Waals surface area contributed by atoms with Crippen LogP contribution in [0.2, 0.25) is 0 Å². The molecule has 1 aliphatic heterocycles.